The summed E-state index contributed by atoms with van der Waals surface area (Å²) in [6.07, 6.45) is 8.61. The minimum absolute atomic E-state index is 0.0563. The van der Waals surface area contributed by atoms with Gasteiger partial charge in [-0.3, -0.25) is 4.79 Å². The van der Waals surface area contributed by atoms with Crippen LogP contribution in [0.2, 0.25) is 0 Å². The molecule has 0 unspecified atom stereocenters. The van der Waals surface area contributed by atoms with Gasteiger partial charge in [-0.05, 0) is 68.7 Å². The molecule has 1 amide bonds. The van der Waals surface area contributed by atoms with Crippen molar-refractivity contribution >= 4 is 5.91 Å². The number of nitrogens with zero attached hydrogens (tertiary/aromatic N) is 2. The SMILES string of the molecule is O=C(N[C@@]12CCC[C@@](C#Cc3ccccn3)(CC1)C2)c1ccc(F)cn1. The molecular weight excluding hydrogens is 329 g/mol. The van der Waals surface area contributed by atoms with Crippen molar-refractivity contribution in [1.82, 2.24) is 15.3 Å². The molecule has 2 aromatic heterocycles. The second kappa shape index (κ2) is 6.53. The predicted octanol–water partition coefficient (Wildman–Crippen LogP) is 3.49. The Kier molecular flexibility index (Phi) is 4.20. The first-order valence-corrected chi connectivity index (χ1v) is 8.97. The van der Waals surface area contributed by atoms with Crippen LogP contribution in [0.3, 0.4) is 0 Å². The lowest BCUT2D eigenvalue weighted by Crippen LogP contribution is -2.49. The van der Waals surface area contributed by atoms with Gasteiger partial charge in [-0.1, -0.05) is 12.0 Å². The number of hydrogen-bond acceptors (Lipinski definition) is 3. The van der Waals surface area contributed by atoms with Gasteiger partial charge in [-0.15, -0.1) is 0 Å². The first kappa shape index (κ1) is 16.7. The molecule has 2 heterocycles. The summed E-state index contributed by atoms with van der Waals surface area (Å²) in [5.41, 5.74) is 0.747. The first-order chi connectivity index (χ1) is 12.6. The quantitative estimate of drug-likeness (QED) is 0.845. The van der Waals surface area contributed by atoms with Crippen LogP contribution in [0.1, 0.15) is 54.7 Å². The van der Waals surface area contributed by atoms with Crippen LogP contribution >= 0.6 is 0 Å². The Hall–Kier alpha value is -2.74. The Morgan fingerprint density at radius 2 is 2.04 bits per heavy atom. The number of amides is 1. The number of carbonyl (C=O) groups excluding carboxylic acids is 1. The van der Waals surface area contributed by atoms with E-state index in [1.165, 1.54) is 12.1 Å². The van der Waals surface area contributed by atoms with Gasteiger partial charge in [0, 0.05) is 17.2 Å². The van der Waals surface area contributed by atoms with Crippen molar-refractivity contribution < 1.29 is 9.18 Å². The Morgan fingerprint density at radius 3 is 2.81 bits per heavy atom. The monoisotopic (exact) mass is 349 g/mol. The van der Waals surface area contributed by atoms with E-state index in [9.17, 15) is 9.18 Å². The second-order valence-electron chi connectivity index (χ2n) is 7.37. The number of halogens is 1. The van der Waals surface area contributed by atoms with Gasteiger partial charge in [0.15, 0.2) is 0 Å². The number of rotatable bonds is 2. The molecule has 0 aliphatic heterocycles. The summed E-state index contributed by atoms with van der Waals surface area (Å²) in [6.45, 7) is 0. The molecule has 0 spiro atoms. The van der Waals surface area contributed by atoms with Gasteiger partial charge < -0.3 is 5.32 Å². The van der Waals surface area contributed by atoms with Gasteiger partial charge in [0.05, 0.1) is 6.20 Å². The highest BCUT2D eigenvalue weighted by Crippen LogP contribution is 2.53. The maximum absolute atomic E-state index is 13.0. The zero-order valence-electron chi connectivity index (χ0n) is 14.5. The van der Waals surface area contributed by atoms with E-state index in [0.717, 1.165) is 50.4 Å². The molecule has 2 aliphatic carbocycles. The molecule has 2 fully saturated rings. The summed E-state index contributed by atoms with van der Waals surface area (Å²) >= 11 is 0. The van der Waals surface area contributed by atoms with Gasteiger partial charge in [-0.2, -0.15) is 0 Å². The average Bonchev–Trinajstić information content (AvgIpc) is 2.92. The largest absolute Gasteiger partial charge is 0.345 e. The number of hydrogen-bond donors (Lipinski definition) is 1. The summed E-state index contributed by atoms with van der Waals surface area (Å²) in [7, 11) is 0. The van der Waals surface area contributed by atoms with E-state index in [-0.39, 0.29) is 22.6 Å². The van der Waals surface area contributed by atoms with E-state index in [4.69, 9.17) is 0 Å². The molecule has 0 saturated heterocycles. The van der Waals surface area contributed by atoms with Crippen LogP contribution in [0.15, 0.2) is 42.7 Å². The number of pyridine rings is 2. The number of nitrogens with one attached hydrogen (secondary N) is 1. The summed E-state index contributed by atoms with van der Waals surface area (Å²) in [6, 6.07) is 8.41. The van der Waals surface area contributed by atoms with Gasteiger partial charge in [-0.25, -0.2) is 14.4 Å². The van der Waals surface area contributed by atoms with Crippen LogP contribution in [0.4, 0.5) is 4.39 Å². The molecule has 2 aliphatic rings. The lowest BCUT2D eigenvalue weighted by Gasteiger charge is -2.37. The molecular formula is C21H20FN3O. The Balaban J connectivity index is 1.51. The van der Waals surface area contributed by atoms with Gasteiger partial charge >= 0.3 is 0 Å². The molecule has 0 radical (unpaired) electrons. The molecule has 2 aromatic rings. The molecule has 2 saturated carbocycles. The molecule has 0 aromatic carbocycles. The lowest BCUT2D eigenvalue weighted by molar-refractivity contribution is 0.0866. The minimum atomic E-state index is -0.443. The van der Waals surface area contributed by atoms with Crippen LogP contribution in [-0.4, -0.2) is 21.4 Å². The third-order valence-corrected chi connectivity index (χ3v) is 5.53. The van der Waals surface area contributed by atoms with Crippen molar-refractivity contribution in [3.05, 3.63) is 59.9 Å². The van der Waals surface area contributed by atoms with Gasteiger partial charge in [0.25, 0.3) is 5.91 Å². The van der Waals surface area contributed by atoms with Crippen LogP contribution in [0.5, 0.6) is 0 Å². The van der Waals surface area contributed by atoms with E-state index in [1.807, 2.05) is 18.2 Å². The van der Waals surface area contributed by atoms with Crippen molar-refractivity contribution in [3.63, 3.8) is 0 Å². The third-order valence-electron chi connectivity index (χ3n) is 5.53. The molecule has 5 heteroatoms. The normalized spacial score (nSPS) is 26.7. The Bertz CT molecular complexity index is 872. The molecule has 4 rings (SSSR count). The topological polar surface area (TPSA) is 54.9 Å². The van der Waals surface area contributed by atoms with E-state index in [2.05, 4.69) is 27.1 Å². The predicted molar refractivity (Wildman–Crippen MR) is 95.6 cm³/mol. The summed E-state index contributed by atoms with van der Waals surface area (Å²) in [5, 5.41) is 3.18. The van der Waals surface area contributed by atoms with E-state index >= 15 is 0 Å². The molecule has 4 nitrogen and oxygen atoms in total. The highest BCUT2D eigenvalue weighted by molar-refractivity contribution is 5.92. The molecule has 1 N–H and O–H groups in total. The van der Waals surface area contributed by atoms with Crippen molar-refractivity contribution in [2.24, 2.45) is 5.41 Å². The van der Waals surface area contributed by atoms with Crippen LogP contribution in [0.25, 0.3) is 0 Å². The standard InChI is InChI=1S/C21H20FN3O/c22-16-5-6-18(24-14-16)19(26)25-21-9-3-8-20(15-21,11-12-21)10-7-17-4-1-2-13-23-17/h1-2,4-6,13-14H,3,8-9,11-12,15H2,(H,25,26)/t20-,21+/m1/s1. The minimum Gasteiger partial charge on any atom is -0.345 e. The Labute approximate surface area is 152 Å². The molecule has 132 valence electrons. The van der Waals surface area contributed by atoms with E-state index in [0.29, 0.717) is 0 Å². The average molecular weight is 349 g/mol. The molecule has 2 bridgehead atoms. The fourth-order valence-electron chi connectivity index (χ4n) is 4.28. The third kappa shape index (κ3) is 3.32. The maximum atomic E-state index is 13.0. The molecule has 2 atom stereocenters. The fourth-order valence-corrected chi connectivity index (χ4v) is 4.28. The summed E-state index contributed by atoms with van der Waals surface area (Å²) in [4.78, 5) is 20.7. The van der Waals surface area contributed by atoms with E-state index in [1.54, 1.807) is 6.20 Å². The summed E-state index contributed by atoms with van der Waals surface area (Å²) < 4.78 is 13.0. The van der Waals surface area contributed by atoms with Crippen LogP contribution in [-0.2, 0) is 0 Å². The first-order valence-electron chi connectivity index (χ1n) is 8.97. The van der Waals surface area contributed by atoms with Crippen molar-refractivity contribution in [2.75, 3.05) is 0 Å². The maximum Gasteiger partial charge on any atom is 0.270 e. The Morgan fingerprint density at radius 1 is 1.12 bits per heavy atom. The fraction of sp³-hybridized carbons (Fsp3) is 0.381. The van der Waals surface area contributed by atoms with Crippen LogP contribution < -0.4 is 5.32 Å². The van der Waals surface area contributed by atoms with Crippen molar-refractivity contribution in [3.8, 4) is 11.8 Å². The number of aromatic nitrogens is 2. The van der Waals surface area contributed by atoms with Gasteiger partial charge in [0.1, 0.15) is 17.2 Å². The molecule has 26 heavy (non-hydrogen) atoms. The zero-order valence-corrected chi connectivity index (χ0v) is 14.5. The highest BCUT2D eigenvalue weighted by atomic mass is 19.1. The number of fused-ring (bicyclic) bond motifs is 2. The zero-order chi connectivity index (χ0) is 18.0. The van der Waals surface area contributed by atoms with Crippen molar-refractivity contribution in [1.29, 1.82) is 0 Å². The smallest absolute Gasteiger partial charge is 0.270 e. The number of carbonyl (C=O) groups is 1. The highest BCUT2D eigenvalue weighted by Gasteiger charge is 2.51. The van der Waals surface area contributed by atoms with E-state index < -0.39 is 5.82 Å². The van der Waals surface area contributed by atoms with Gasteiger partial charge in [0.2, 0.25) is 0 Å². The lowest BCUT2D eigenvalue weighted by atomic mass is 9.73. The second-order valence-corrected chi connectivity index (χ2v) is 7.37. The summed E-state index contributed by atoms with van der Waals surface area (Å²) in [5.74, 6) is 5.99. The van der Waals surface area contributed by atoms with Crippen molar-refractivity contribution in [2.45, 2.75) is 44.1 Å². The van der Waals surface area contributed by atoms with Crippen LogP contribution in [0, 0.1) is 23.1 Å².